The van der Waals surface area contributed by atoms with Gasteiger partial charge in [0.15, 0.2) is 0 Å². The molecule has 0 aliphatic carbocycles. The first kappa shape index (κ1) is 16.8. The number of carboxylic acids is 1. The van der Waals surface area contributed by atoms with Crippen LogP contribution in [-0.4, -0.2) is 26.1 Å². The Labute approximate surface area is 134 Å². The van der Waals surface area contributed by atoms with Gasteiger partial charge in [0.2, 0.25) is 0 Å². The number of hydrogen-bond acceptors (Lipinski definition) is 4. The van der Waals surface area contributed by atoms with Gasteiger partial charge in [0.05, 0.1) is 17.1 Å². The molecule has 2 rings (SSSR count). The summed E-state index contributed by atoms with van der Waals surface area (Å²) in [6.45, 7) is 4.23. The fourth-order valence-corrected chi connectivity index (χ4v) is 3.07. The maximum atomic E-state index is 12.3. The van der Waals surface area contributed by atoms with Gasteiger partial charge in [0.1, 0.15) is 5.75 Å². The van der Waals surface area contributed by atoms with Gasteiger partial charge in [-0.3, -0.25) is 4.72 Å². The summed E-state index contributed by atoms with van der Waals surface area (Å²) in [6.07, 6.45) is 0. The highest BCUT2D eigenvalue weighted by molar-refractivity contribution is 7.92. The zero-order valence-electron chi connectivity index (χ0n) is 12.7. The Morgan fingerprint density at radius 3 is 2.35 bits per heavy atom. The van der Waals surface area contributed by atoms with Crippen molar-refractivity contribution in [3.63, 3.8) is 0 Å². The molecule has 0 spiro atoms. The summed E-state index contributed by atoms with van der Waals surface area (Å²) in [5, 5.41) is 8.84. The highest BCUT2D eigenvalue weighted by Gasteiger charge is 2.15. The summed E-state index contributed by atoms with van der Waals surface area (Å²) in [4.78, 5) is 10.8. The van der Waals surface area contributed by atoms with Crippen LogP contribution in [-0.2, 0) is 10.0 Å². The molecule has 0 radical (unpaired) electrons. The van der Waals surface area contributed by atoms with Crippen LogP contribution in [0.25, 0.3) is 0 Å². The zero-order chi connectivity index (χ0) is 17.0. The molecule has 0 aromatic heterocycles. The van der Waals surface area contributed by atoms with Crippen molar-refractivity contribution in [2.45, 2.75) is 18.7 Å². The molecule has 2 aromatic rings. The summed E-state index contributed by atoms with van der Waals surface area (Å²) in [5.41, 5.74) is 1.25. The summed E-state index contributed by atoms with van der Waals surface area (Å²) < 4.78 is 32.5. The number of carboxylic acid groups (broad SMARTS) is 1. The number of hydrogen-bond donors (Lipinski definition) is 2. The average Bonchev–Trinajstić information content (AvgIpc) is 2.50. The van der Waals surface area contributed by atoms with E-state index in [1.54, 1.807) is 18.2 Å². The second-order valence-corrected chi connectivity index (χ2v) is 6.53. The van der Waals surface area contributed by atoms with E-state index < -0.39 is 16.0 Å². The van der Waals surface area contributed by atoms with Crippen LogP contribution in [0.5, 0.6) is 5.75 Å². The molecule has 0 aliphatic heterocycles. The smallest absolute Gasteiger partial charge is 0.335 e. The van der Waals surface area contributed by atoms with Gasteiger partial charge < -0.3 is 9.84 Å². The van der Waals surface area contributed by atoms with E-state index in [2.05, 4.69) is 4.72 Å². The van der Waals surface area contributed by atoms with Crippen LogP contribution < -0.4 is 9.46 Å². The maximum absolute atomic E-state index is 12.3. The highest BCUT2D eigenvalue weighted by atomic mass is 32.2. The van der Waals surface area contributed by atoms with Gasteiger partial charge in [-0.15, -0.1) is 0 Å². The SMILES string of the molecule is CCOc1ccc(NS(=O)(=O)c2ccc(C(=O)O)cc2)cc1C. The number of rotatable bonds is 6. The van der Waals surface area contributed by atoms with Crippen molar-refractivity contribution < 1.29 is 23.1 Å². The Bertz CT molecular complexity index is 813. The van der Waals surface area contributed by atoms with Gasteiger partial charge in [-0.1, -0.05) is 0 Å². The molecule has 0 aliphatic rings. The van der Waals surface area contributed by atoms with Crippen molar-refractivity contribution in [1.29, 1.82) is 0 Å². The quantitative estimate of drug-likeness (QED) is 0.847. The Morgan fingerprint density at radius 1 is 1.17 bits per heavy atom. The van der Waals surface area contributed by atoms with E-state index in [0.29, 0.717) is 18.0 Å². The lowest BCUT2D eigenvalue weighted by Crippen LogP contribution is -2.13. The molecule has 7 heteroatoms. The normalized spacial score (nSPS) is 11.0. The van der Waals surface area contributed by atoms with Crippen molar-refractivity contribution in [2.24, 2.45) is 0 Å². The highest BCUT2D eigenvalue weighted by Crippen LogP contribution is 2.24. The Hall–Kier alpha value is -2.54. The fourth-order valence-electron chi connectivity index (χ4n) is 2.02. The van der Waals surface area contributed by atoms with Crippen molar-refractivity contribution in [1.82, 2.24) is 0 Å². The number of nitrogens with one attached hydrogen (secondary N) is 1. The first-order chi connectivity index (χ1) is 10.8. The number of aromatic carboxylic acids is 1. The number of benzene rings is 2. The Balaban J connectivity index is 2.24. The number of sulfonamides is 1. The summed E-state index contributed by atoms with van der Waals surface area (Å²) >= 11 is 0. The lowest BCUT2D eigenvalue weighted by molar-refractivity contribution is 0.0696. The molecule has 6 nitrogen and oxygen atoms in total. The van der Waals surface area contributed by atoms with Crippen molar-refractivity contribution >= 4 is 21.7 Å². The molecule has 0 bridgehead atoms. The third kappa shape index (κ3) is 4.01. The van der Waals surface area contributed by atoms with Gasteiger partial charge >= 0.3 is 5.97 Å². The minimum atomic E-state index is -3.78. The standard InChI is InChI=1S/C16H17NO5S/c1-3-22-15-9-6-13(10-11(15)2)17-23(20,21)14-7-4-12(5-8-14)16(18)19/h4-10,17H,3H2,1-2H3,(H,18,19). The Morgan fingerprint density at radius 2 is 1.83 bits per heavy atom. The predicted molar refractivity (Wildman–Crippen MR) is 86.6 cm³/mol. The average molecular weight is 335 g/mol. The lowest BCUT2D eigenvalue weighted by Gasteiger charge is -2.11. The molecule has 0 atom stereocenters. The third-order valence-corrected chi connectivity index (χ3v) is 4.54. The molecule has 0 unspecified atom stereocenters. The van der Waals surface area contributed by atoms with E-state index in [1.807, 2.05) is 13.8 Å². The van der Waals surface area contributed by atoms with Crippen LogP contribution >= 0.6 is 0 Å². The zero-order valence-corrected chi connectivity index (χ0v) is 13.6. The van der Waals surface area contributed by atoms with Gasteiger partial charge in [0, 0.05) is 5.69 Å². The molecule has 23 heavy (non-hydrogen) atoms. The number of ether oxygens (including phenoxy) is 1. The van der Waals surface area contributed by atoms with E-state index in [-0.39, 0.29) is 10.5 Å². The largest absolute Gasteiger partial charge is 0.494 e. The number of carbonyl (C=O) groups is 1. The monoisotopic (exact) mass is 335 g/mol. The predicted octanol–water partition coefficient (Wildman–Crippen LogP) is 2.89. The summed E-state index contributed by atoms with van der Waals surface area (Å²) in [7, 11) is -3.78. The summed E-state index contributed by atoms with van der Waals surface area (Å²) in [5.74, 6) is -0.412. The number of aryl methyl sites for hydroxylation is 1. The maximum Gasteiger partial charge on any atom is 0.335 e. The van der Waals surface area contributed by atoms with Gasteiger partial charge in [-0.05, 0) is 61.9 Å². The van der Waals surface area contributed by atoms with Crippen LogP contribution in [0.1, 0.15) is 22.8 Å². The van der Waals surface area contributed by atoms with Crippen molar-refractivity contribution in [3.8, 4) is 5.75 Å². The van der Waals surface area contributed by atoms with E-state index >= 15 is 0 Å². The van der Waals surface area contributed by atoms with Crippen LogP contribution in [0.15, 0.2) is 47.4 Å². The molecule has 0 amide bonds. The van der Waals surface area contributed by atoms with Crippen molar-refractivity contribution in [2.75, 3.05) is 11.3 Å². The topological polar surface area (TPSA) is 92.7 Å². The van der Waals surface area contributed by atoms with Gasteiger partial charge in [-0.25, -0.2) is 13.2 Å². The second-order valence-electron chi connectivity index (χ2n) is 4.85. The minimum Gasteiger partial charge on any atom is -0.494 e. The second kappa shape index (κ2) is 6.70. The van der Waals surface area contributed by atoms with Crippen LogP contribution in [0.3, 0.4) is 0 Å². The summed E-state index contributed by atoms with van der Waals surface area (Å²) in [6, 6.07) is 10.0. The molecule has 2 aromatic carbocycles. The van der Waals surface area contributed by atoms with Crippen LogP contribution in [0.2, 0.25) is 0 Å². The van der Waals surface area contributed by atoms with E-state index in [1.165, 1.54) is 24.3 Å². The molecule has 0 heterocycles. The lowest BCUT2D eigenvalue weighted by atomic mass is 10.2. The first-order valence-electron chi connectivity index (χ1n) is 6.93. The third-order valence-electron chi connectivity index (χ3n) is 3.14. The molecule has 0 saturated heterocycles. The molecule has 2 N–H and O–H groups in total. The van der Waals surface area contributed by atoms with Crippen molar-refractivity contribution in [3.05, 3.63) is 53.6 Å². The molecule has 0 fully saturated rings. The van der Waals surface area contributed by atoms with Gasteiger partial charge in [-0.2, -0.15) is 0 Å². The van der Waals surface area contributed by atoms with Crippen LogP contribution in [0.4, 0.5) is 5.69 Å². The van der Waals surface area contributed by atoms with Gasteiger partial charge in [0.25, 0.3) is 10.0 Å². The molecular weight excluding hydrogens is 318 g/mol. The minimum absolute atomic E-state index is 0.00552. The fraction of sp³-hybridized carbons (Fsp3) is 0.188. The van der Waals surface area contributed by atoms with E-state index in [4.69, 9.17) is 9.84 Å². The molecular formula is C16H17NO5S. The van der Waals surface area contributed by atoms with Crippen LogP contribution in [0, 0.1) is 6.92 Å². The Kier molecular flexibility index (Phi) is 4.90. The van der Waals surface area contributed by atoms with E-state index in [9.17, 15) is 13.2 Å². The van der Waals surface area contributed by atoms with E-state index in [0.717, 1.165) is 5.56 Å². The molecule has 122 valence electrons. The molecule has 0 saturated carbocycles. The number of anilines is 1. The first-order valence-corrected chi connectivity index (χ1v) is 8.41.